The van der Waals surface area contributed by atoms with Crippen LogP contribution < -0.4 is 10.5 Å². The molecule has 4 heterocycles. The number of halogens is 1. The number of aromatic amines is 1. The molecule has 0 radical (unpaired) electrons. The quantitative estimate of drug-likeness (QED) is 0.342. The Hall–Kier alpha value is -4.87. The number of rotatable bonds is 3. The van der Waals surface area contributed by atoms with Crippen LogP contribution in [0.3, 0.4) is 0 Å². The number of hydrogen-bond donors (Lipinski definition) is 2. The SMILES string of the molecule is Cc1nn(C(=O)c2ccncc2)c2c1C(c1c(-c3ccc(Cl)cc3)[nH]c3ccccc13)C(C#N)=C(N)O2. The molecule has 6 rings (SSSR count). The highest BCUT2D eigenvalue weighted by molar-refractivity contribution is 6.30. The lowest BCUT2D eigenvalue weighted by molar-refractivity contribution is 0.0933. The number of carbonyl (C=O) groups is 1. The number of nitrogens with zero attached hydrogens (tertiary/aromatic N) is 4. The highest BCUT2D eigenvalue weighted by Gasteiger charge is 2.39. The van der Waals surface area contributed by atoms with E-state index < -0.39 is 11.8 Å². The van der Waals surface area contributed by atoms with E-state index >= 15 is 0 Å². The van der Waals surface area contributed by atoms with E-state index in [1.807, 2.05) is 48.5 Å². The van der Waals surface area contributed by atoms with Gasteiger partial charge in [0.2, 0.25) is 11.8 Å². The van der Waals surface area contributed by atoms with Crippen LogP contribution in [0.15, 0.2) is 84.5 Å². The monoisotopic (exact) mass is 506 g/mol. The lowest BCUT2D eigenvalue weighted by Crippen LogP contribution is -2.24. The number of ether oxygens (including phenoxy) is 1. The number of allylic oxidation sites excluding steroid dienone is 1. The molecule has 8 nitrogen and oxygen atoms in total. The van der Waals surface area contributed by atoms with Crippen molar-refractivity contribution >= 4 is 28.4 Å². The van der Waals surface area contributed by atoms with Crippen molar-refractivity contribution < 1.29 is 9.53 Å². The zero-order valence-electron chi connectivity index (χ0n) is 19.6. The number of carbonyl (C=O) groups excluding carboxylic acids is 1. The van der Waals surface area contributed by atoms with Gasteiger partial charge in [-0.1, -0.05) is 41.9 Å². The molecule has 3 aromatic heterocycles. The number of aromatic nitrogens is 4. The average Bonchev–Trinajstić information content (AvgIpc) is 3.46. The third-order valence-corrected chi connectivity index (χ3v) is 6.77. The smallest absolute Gasteiger partial charge is 0.281 e. The van der Waals surface area contributed by atoms with Gasteiger partial charge in [-0.15, -0.1) is 0 Å². The second kappa shape index (κ2) is 8.66. The summed E-state index contributed by atoms with van der Waals surface area (Å²) in [5.41, 5.74) is 11.5. The third kappa shape index (κ3) is 3.56. The molecular weight excluding hydrogens is 488 g/mol. The van der Waals surface area contributed by atoms with Gasteiger partial charge in [0.15, 0.2) is 0 Å². The molecule has 2 aromatic carbocycles. The van der Waals surface area contributed by atoms with Crippen molar-refractivity contribution in [2.75, 3.05) is 0 Å². The first-order valence-electron chi connectivity index (χ1n) is 11.5. The van der Waals surface area contributed by atoms with Gasteiger partial charge in [-0.2, -0.15) is 15.0 Å². The van der Waals surface area contributed by atoms with Gasteiger partial charge in [0.1, 0.15) is 11.6 Å². The summed E-state index contributed by atoms with van der Waals surface area (Å²) in [6, 6.07) is 20.7. The number of nitriles is 1. The lowest BCUT2D eigenvalue weighted by atomic mass is 9.81. The molecule has 1 aliphatic heterocycles. The van der Waals surface area contributed by atoms with Crippen molar-refractivity contribution in [3.63, 3.8) is 0 Å². The summed E-state index contributed by atoms with van der Waals surface area (Å²) >= 11 is 6.16. The molecule has 3 N–H and O–H groups in total. The van der Waals surface area contributed by atoms with E-state index in [4.69, 9.17) is 22.1 Å². The molecule has 37 heavy (non-hydrogen) atoms. The predicted octanol–water partition coefficient (Wildman–Crippen LogP) is 5.29. The fourth-order valence-corrected chi connectivity index (χ4v) is 4.99. The minimum Gasteiger partial charge on any atom is -0.422 e. The highest BCUT2D eigenvalue weighted by Crippen LogP contribution is 2.49. The Kier molecular flexibility index (Phi) is 5.29. The largest absolute Gasteiger partial charge is 0.422 e. The number of para-hydroxylation sites is 1. The Morgan fingerprint density at radius 3 is 2.57 bits per heavy atom. The van der Waals surface area contributed by atoms with E-state index in [0.717, 1.165) is 27.7 Å². The number of pyridine rings is 1. The van der Waals surface area contributed by atoms with Crippen LogP contribution in [0.2, 0.25) is 5.02 Å². The summed E-state index contributed by atoms with van der Waals surface area (Å²) in [5, 5.41) is 16.3. The standard InChI is InChI=1S/C28H19ClN6O2/c1-15-22-23(24-19-4-2-3-5-21(19)33-25(24)16-6-8-18(29)9-7-16)20(14-30)26(31)37-28(22)35(34-15)27(36)17-10-12-32-13-11-17/h2-13,23,33H,31H2,1H3. The minimum absolute atomic E-state index is 0.0731. The lowest BCUT2D eigenvalue weighted by Gasteiger charge is -2.25. The topological polar surface area (TPSA) is 123 Å². The molecular formula is C28H19ClN6O2. The molecule has 180 valence electrons. The van der Waals surface area contributed by atoms with Gasteiger partial charge in [-0.3, -0.25) is 9.78 Å². The summed E-state index contributed by atoms with van der Waals surface area (Å²) < 4.78 is 7.10. The summed E-state index contributed by atoms with van der Waals surface area (Å²) in [6.07, 6.45) is 3.07. The first kappa shape index (κ1) is 22.6. The maximum absolute atomic E-state index is 13.4. The number of benzene rings is 2. The van der Waals surface area contributed by atoms with Crippen LogP contribution in [0.5, 0.6) is 5.88 Å². The van der Waals surface area contributed by atoms with Crippen molar-refractivity contribution in [2.45, 2.75) is 12.8 Å². The van der Waals surface area contributed by atoms with E-state index in [-0.39, 0.29) is 17.3 Å². The molecule has 0 bridgehead atoms. The average molecular weight is 507 g/mol. The summed E-state index contributed by atoms with van der Waals surface area (Å²) in [7, 11) is 0. The van der Waals surface area contributed by atoms with Crippen molar-refractivity contribution in [1.29, 1.82) is 5.26 Å². The molecule has 0 saturated heterocycles. The molecule has 0 fully saturated rings. The van der Waals surface area contributed by atoms with E-state index in [1.165, 1.54) is 17.1 Å². The summed E-state index contributed by atoms with van der Waals surface area (Å²) in [4.78, 5) is 20.8. The summed E-state index contributed by atoms with van der Waals surface area (Å²) in [5.74, 6) is -0.908. The van der Waals surface area contributed by atoms with Crippen LogP contribution in [-0.4, -0.2) is 25.7 Å². The zero-order valence-corrected chi connectivity index (χ0v) is 20.3. The number of H-pyrrole nitrogens is 1. The zero-order chi connectivity index (χ0) is 25.7. The second-order valence-corrected chi connectivity index (χ2v) is 9.08. The number of fused-ring (bicyclic) bond motifs is 2. The molecule has 0 spiro atoms. The van der Waals surface area contributed by atoms with Crippen molar-refractivity contribution in [3.05, 3.63) is 112 Å². The Morgan fingerprint density at radius 1 is 1.11 bits per heavy atom. The molecule has 0 aliphatic carbocycles. The van der Waals surface area contributed by atoms with Gasteiger partial charge < -0.3 is 15.5 Å². The van der Waals surface area contributed by atoms with Crippen LogP contribution in [0.4, 0.5) is 0 Å². The van der Waals surface area contributed by atoms with Crippen LogP contribution in [0.25, 0.3) is 22.2 Å². The molecule has 9 heteroatoms. The van der Waals surface area contributed by atoms with Gasteiger partial charge in [-0.05, 0) is 48.4 Å². The fourth-order valence-electron chi connectivity index (χ4n) is 4.86. The number of aryl methyl sites for hydroxylation is 1. The number of nitrogens with two attached hydrogens (primary N) is 1. The minimum atomic E-state index is -0.630. The molecule has 0 amide bonds. The Balaban J connectivity index is 1.64. The molecule has 1 atom stereocenters. The van der Waals surface area contributed by atoms with Crippen molar-refractivity contribution in [2.24, 2.45) is 5.73 Å². The van der Waals surface area contributed by atoms with E-state index in [9.17, 15) is 10.1 Å². The maximum atomic E-state index is 13.4. The third-order valence-electron chi connectivity index (χ3n) is 6.52. The van der Waals surface area contributed by atoms with Gasteiger partial charge in [0.05, 0.1) is 22.9 Å². The summed E-state index contributed by atoms with van der Waals surface area (Å²) in [6.45, 7) is 1.79. The van der Waals surface area contributed by atoms with Crippen LogP contribution in [-0.2, 0) is 0 Å². The highest BCUT2D eigenvalue weighted by atomic mass is 35.5. The maximum Gasteiger partial charge on any atom is 0.281 e. The Morgan fingerprint density at radius 2 is 1.84 bits per heavy atom. The van der Waals surface area contributed by atoms with Crippen molar-refractivity contribution in [3.8, 4) is 23.2 Å². The van der Waals surface area contributed by atoms with E-state index in [0.29, 0.717) is 21.8 Å². The van der Waals surface area contributed by atoms with Crippen molar-refractivity contribution in [1.82, 2.24) is 19.7 Å². The van der Waals surface area contributed by atoms with Gasteiger partial charge >= 0.3 is 0 Å². The number of nitrogens with one attached hydrogen (secondary N) is 1. The molecule has 1 unspecified atom stereocenters. The Bertz CT molecular complexity index is 1760. The Labute approximate surface area is 216 Å². The van der Waals surface area contributed by atoms with Gasteiger partial charge in [-0.25, -0.2) is 0 Å². The normalized spacial score (nSPS) is 14.8. The molecule has 1 aliphatic rings. The van der Waals surface area contributed by atoms with E-state index in [2.05, 4.69) is 21.1 Å². The van der Waals surface area contributed by atoms with Crippen LogP contribution in [0, 0.1) is 18.3 Å². The van der Waals surface area contributed by atoms with Gasteiger partial charge in [0, 0.05) is 33.9 Å². The van der Waals surface area contributed by atoms with E-state index in [1.54, 1.807) is 19.1 Å². The predicted molar refractivity (Wildman–Crippen MR) is 139 cm³/mol. The second-order valence-electron chi connectivity index (χ2n) is 8.65. The first-order valence-corrected chi connectivity index (χ1v) is 11.8. The molecule has 0 saturated carbocycles. The first-order chi connectivity index (χ1) is 18.0. The van der Waals surface area contributed by atoms with Gasteiger partial charge in [0.25, 0.3) is 5.91 Å². The number of hydrogen-bond acceptors (Lipinski definition) is 6. The van der Waals surface area contributed by atoms with Crippen LogP contribution in [0.1, 0.15) is 33.1 Å². The fraction of sp³-hybridized carbons (Fsp3) is 0.0714. The van der Waals surface area contributed by atoms with Crippen LogP contribution >= 0.6 is 11.6 Å². The molecule has 5 aromatic rings.